The fraction of sp³-hybridized carbons (Fsp3) is 0.243. The van der Waals surface area contributed by atoms with Gasteiger partial charge in [0, 0.05) is 231 Å². The summed E-state index contributed by atoms with van der Waals surface area (Å²) in [7, 11) is 3.41. The summed E-state index contributed by atoms with van der Waals surface area (Å²) in [6, 6.07) is 68.3. The summed E-state index contributed by atoms with van der Waals surface area (Å²) >= 11 is 0. The number of carbonyl (C=O) groups is 4. The van der Waals surface area contributed by atoms with Crippen molar-refractivity contribution in [3.63, 3.8) is 0 Å². The Hall–Kier alpha value is -17.2. The minimum absolute atomic E-state index is 0.0106. The molecule has 5 aliphatic rings. The molecule has 22 rings (SSSR count). The predicted octanol–water partition coefficient (Wildman–Crippen LogP) is 14.8. The summed E-state index contributed by atoms with van der Waals surface area (Å²) in [5.74, 6) is 6.26. The Bertz CT molecular complexity index is 7200. The molecule has 0 radical (unpaired) electrons. The van der Waals surface area contributed by atoms with E-state index in [0.717, 1.165) is 105 Å². The topological polar surface area (TPSA) is 305 Å². The summed E-state index contributed by atoms with van der Waals surface area (Å²) < 4.78 is 74.1. The molecular formula is C107H102F4N26O6. The van der Waals surface area contributed by atoms with Crippen molar-refractivity contribution in [3.05, 3.63) is 322 Å². The lowest BCUT2D eigenvalue weighted by molar-refractivity contribution is -0.137. The summed E-state index contributed by atoms with van der Waals surface area (Å²) in [5.41, 5.74) is 11.9. The number of anilines is 4. The van der Waals surface area contributed by atoms with E-state index < -0.39 is 17.6 Å². The number of hydrogen-bond donors (Lipinski definition) is 0. The van der Waals surface area contributed by atoms with Crippen LogP contribution in [0.4, 0.5) is 41.4 Å². The van der Waals surface area contributed by atoms with Crippen molar-refractivity contribution >= 4 is 58.5 Å². The molecule has 724 valence electrons. The SMILES string of the molecule is COc1cc(-c2cn(CC(=O)N3CCN(c4ncccn4)CC3)c(-c3ccccc3)n2)ccc1F.Cn1cnc2ccc(-c3cn(CC(=O)N4CCN(c5ncccn5)CC4)c(-c4ccccc4)n3)cc21.O=C(Cn1cc(-c2ccc3c(c2)CCCO3)nc1-c1ccccc1)N1CCN(c2ncccn2)CC1.O=C(Cn1cc(-c2cccc(C(F)(F)F)c2)nc1-c1ccccc1)N1CCN(c2ncccn2)CC1. The zero-order valence-electron chi connectivity index (χ0n) is 78.7. The lowest BCUT2D eigenvalue weighted by Gasteiger charge is -2.34. The van der Waals surface area contributed by atoms with Gasteiger partial charge in [-0.15, -0.1) is 0 Å². The van der Waals surface area contributed by atoms with E-state index >= 15 is 0 Å². The Labute approximate surface area is 821 Å². The number of nitrogens with zero attached hydrogens (tertiary/aromatic N) is 26. The molecule has 143 heavy (non-hydrogen) atoms. The fourth-order valence-electron chi connectivity index (χ4n) is 17.9. The van der Waals surface area contributed by atoms with Crippen LogP contribution in [0, 0.1) is 5.82 Å². The third-order valence-electron chi connectivity index (χ3n) is 25.5. The fourth-order valence-corrected chi connectivity index (χ4v) is 17.9. The smallest absolute Gasteiger partial charge is 0.416 e. The van der Waals surface area contributed by atoms with Gasteiger partial charge in [0.2, 0.25) is 47.4 Å². The number of ether oxygens (including phenoxy) is 2. The van der Waals surface area contributed by atoms with Gasteiger partial charge < -0.3 is 71.5 Å². The lowest BCUT2D eigenvalue weighted by Crippen LogP contribution is -2.50. The molecule has 4 amide bonds. The minimum Gasteiger partial charge on any atom is -0.494 e. The first-order valence-electron chi connectivity index (χ1n) is 47.3. The van der Waals surface area contributed by atoms with Crippen molar-refractivity contribution in [2.75, 3.05) is 138 Å². The zero-order valence-corrected chi connectivity index (χ0v) is 78.7. The number of piperazine rings is 4. The van der Waals surface area contributed by atoms with Crippen LogP contribution in [0.3, 0.4) is 0 Å². The van der Waals surface area contributed by atoms with Crippen molar-refractivity contribution in [1.29, 1.82) is 0 Å². The van der Waals surface area contributed by atoms with Gasteiger partial charge in [-0.05, 0) is 103 Å². The molecule has 4 saturated heterocycles. The number of amides is 4. The highest BCUT2D eigenvalue weighted by Crippen LogP contribution is 2.37. The first-order valence-corrected chi connectivity index (χ1v) is 47.3. The highest BCUT2D eigenvalue weighted by atomic mass is 19.4. The normalized spacial score (nSPS) is 14.3. The maximum Gasteiger partial charge on any atom is 0.416 e. The van der Waals surface area contributed by atoms with E-state index in [1.54, 1.807) is 95.6 Å². The van der Waals surface area contributed by atoms with Crippen LogP contribution < -0.4 is 29.1 Å². The standard InChI is InChI=1S/C28H28N6O2.C27H26N8O.C26H23F3N6O.C26H25FN6O2/c35-26(32-13-15-33(16-14-32)28-29-11-5-12-30-28)20-34-19-24(31-27(34)21-6-2-1-3-7-21)22-9-10-25-23(18-22)8-4-17-36-25;1-32-19-30-22-9-8-21(16-24(22)32)23-17-35(26(31-23)20-6-3-2-4-7-20)18-25(36)33-12-14-34(15-13-33)27-28-10-5-11-29-27;27-26(28,29)21-9-4-8-20(16-21)22-17-35(24(32-22)19-6-2-1-3-7-19)18-23(36)33-12-14-34(15-13-33)25-30-10-5-11-31-25;1-35-23-16-20(8-9-21(23)27)22-17-33(25(30-22)19-6-3-2-4-7-19)18-24(34)31-12-14-32(15-13-31)26-28-10-5-11-29-26/h1-3,5-7,9-12,18-19H,4,8,13-17,20H2;2-11,16-17,19H,12-15,18H2,1H3;1-11,16-17H,12-15,18H2;2-11,16-17H,12-15,18H2,1H3. The van der Waals surface area contributed by atoms with Crippen molar-refractivity contribution in [1.82, 2.24) is 107 Å². The number of fused-ring (bicyclic) bond motifs is 2. The largest absolute Gasteiger partial charge is 0.494 e. The summed E-state index contributed by atoms with van der Waals surface area (Å²) in [5, 5.41) is 0. The summed E-state index contributed by atoms with van der Waals surface area (Å²) in [6.45, 7) is 11.6. The number of aryl methyl sites for hydroxylation is 2. The molecule has 0 saturated carbocycles. The van der Waals surface area contributed by atoms with Gasteiger partial charge in [-0.25, -0.2) is 69.2 Å². The molecule has 9 aromatic heterocycles. The third-order valence-corrected chi connectivity index (χ3v) is 25.5. The number of rotatable bonds is 21. The number of halogens is 4. The molecule has 0 N–H and O–H groups in total. The van der Waals surface area contributed by atoms with E-state index in [1.165, 1.54) is 24.8 Å². The third kappa shape index (κ3) is 22.7. The molecule has 0 bridgehead atoms. The molecule has 0 spiro atoms. The average Bonchev–Trinajstić information content (AvgIpc) is 1.73. The number of alkyl halides is 3. The maximum absolute atomic E-state index is 13.9. The van der Waals surface area contributed by atoms with E-state index in [0.29, 0.717) is 163 Å². The Balaban J connectivity index is 0.000000121. The molecule has 0 unspecified atom stereocenters. The minimum atomic E-state index is -4.45. The van der Waals surface area contributed by atoms with Gasteiger partial charge in [-0.1, -0.05) is 140 Å². The number of hydrogen-bond acceptors (Lipinski definition) is 23. The maximum atomic E-state index is 13.9. The van der Waals surface area contributed by atoms with Crippen molar-refractivity contribution in [2.45, 2.75) is 45.2 Å². The summed E-state index contributed by atoms with van der Waals surface area (Å²) in [4.78, 5) is 127. The van der Waals surface area contributed by atoms with Crippen molar-refractivity contribution < 1.29 is 46.2 Å². The van der Waals surface area contributed by atoms with Gasteiger partial charge in [0.05, 0.1) is 59.4 Å². The number of imidazole rings is 5. The van der Waals surface area contributed by atoms with Crippen LogP contribution in [-0.2, 0) is 65.0 Å². The average molecular weight is 1920 g/mol. The summed E-state index contributed by atoms with van der Waals surface area (Å²) in [6.07, 6.45) is 20.6. The monoisotopic (exact) mass is 1920 g/mol. The van der Waals surface area contributed by atoms with Crippen LogP contribution in [0.2, 0.25) is 0 Å². The van der Waals surface area contributed by atoms with Crippen LogP contribution in [-0.4, -0.2) is 249 Å². The second kappa shape index (κ2) is 43.9. The van der Waals surface area contributed by atoms with Crippen LogP contribution in [0.5, 0.6) is 11.5 Å². The molecular weight excluding hydrogens is 1820 g/mol. The van der Waals surface area contributed by atoms with Gasteiger partial charge in [-0.2, -0.15) is 13.2 Å². The van der Waals surface area contributed by atoms with Gasteiger partial charge >= 0.3 is 6.18 Å². The first kappa shape index (κ1) is 94.7. The highest BCUT2D eigenvalue weighted by molar-refractivity contribution is 5.84. The Morgan fingerprint density at radius 2 is 0.671 bits per heavy atom. The molecule has 5 aliphatic heterocycles. The van der Waals surface area contributed by atoms with Gasteiger partial charge in [0.15, 0.2) is 11.6 Å². The van der Waals surface area contributed by atoms with E-state index in [-0.39, 0.29) is 55.6 Å². The Morgan fingerprint density at radius 1 is 0.350 bits per heavy atom. The predicted molar refractivity (Wildman–Crippen MR) is 535 cm³/mol. The van der Waals surface area contributed by atoms with Crippen molar-refractivity contribution in [2.24, 2.45) is 7.05 Å². The molecule has 17 aromatic rings. The first-order chi connectivity index (χ1) is 69.9. The molecule has 4 fully saturated rings. The number of methoxy groups -OCH3 is 1. The van der Waals surface area contributed by atoms with Crippen molar-refractivity contribution in [3.8, 4) is 102 Å². The second-order valence-corrected chi connectivity index (χ2v) is 34.7. The zero-order chi connectivity index (χ0) is 98.1. The van der Waals surface area contributed by atoms with Gasteiger partial charge in [-0.3, -0.25) is 19.2 Å². The molecule has 14 heterocycles. The van der Waals surface area contributed by atoms with Crippen LogP contribution in [0.15, 0.2) is 305 Å². The van der Waals surface area contributed by atoms with Crippen LogP contribution in [0.25, 0.3) is 102 Å². The van der Waals surface area contributed by atoms with Gasteiger partial charge in [0.1, 0.15) is 55.2 Å². The van der Waals surface area contributed by atoms with Gasteiger partial charge in [0.25, 0.3) is 0 Å². The van der Waals surface area contributed by atoms with E-state index in [2.05, 4.69) is 82.7 Å². The van der Waals surface area contributed by atoms with Crippen LogP contribution >= 0.6 is 0 Å². The molecule has 0 atom stereocenters. The van der Waals surface area contributed by atoms with Crippen LogP contribution in [0.1, 0.15) is 17.5 Å². The Morgan fingerprint density at radius 3 is 1.02 bits per heavy atom. The highest BCUT2D eigenvalue weighted by Gasteiger charge is 2.34. The quantitative estimate of drug-likeness (QED) is 0.0603. The number of benzene rings is 8. The molecule has 32 nitrogen and oxygen atoms in total. The number of carbonyl (C=O) groups excluding carboxylic acids is 4. The van der Waals surface area contributed by atoms with E-state index in [9.17, 15) is 36.7 Å². The molecule has 8 aromatic carbocycles. The lowest BCUT2D eigenvalue weighted by atomic mass is 10.0. The second-order valence-electron chi connectivity index (χ2n) is 34.7. The van der Waals surface area contributed by atoms with E-state index in [4.69, 9.17) is 24.4 Å². The van der Waals surface area contributed by atoms with E-state index in [1.807, 2.05) is 221 Å². The number of aromatic nitrogens is 18. The molecule has 0 aliphatic carbocycles. The molecule has 36 heteroatoms. The Kier molecular flexibility index (Phi) is 29.1.